The van der Waals surface area contributed by atoms with E-state index in [-0.39, 0.29) is 5.91 Å². The number of fused-ring (bicyclic) bond motifs is 1. The minimum Gasteiger partial charge on any atom is -0.354 e. The molecule has 4 nitrogen and oxygen atoms in total. The predicted octanol–water partition coefficient (Wildman–Crippen LogP) is 7.32. The van der Waals surface area contributed by atoms with E-state index >= 15 is 0 Å². The first-order chi connectivity index (χ1) is 16.1. The molecule has 1 aromatic heterocycles. The van der Waals surface area contributed by atoms with Crippen LogP contribution in [0.3, 0.4) is 0 Å². The van der Waals surface area contributed by atoms with E-state index in [1.54, 1.807) is 4.90 Å². The van der Waals surface area contributed by atoms with Gasteiger partial charge in [-0.25, -0.2) is 0 Å². The first kappa shape index (κ1) is 24.8. The standard InChI is InChI=1S/C29H38N2O2/c1-4-6-8-12-20-31(21-13-9-7-5-2)29(33)28(32)26-24-14-10-11-15-25(24)30-27(26)23-18-16-22(3)17-19-23/h10-11,14-19,30H,4-9,12-13,20-21H2,1-3H3. The van der Waals surface area contributed by atoms with Crippen molar-refractivity contribution < 1.29 is 9.59 Å². The van der Waals surface area contributed by atoms with Gasteiger partial charge in [0, 0.05) is 24.0 Å². The molecule has 1 heterocycles. The molecule has 0 saturated carbocycles. The lowest BCUT2D eigenvalue weighted by Crippen LogP contribution is -2.38. The lowest BCUT2D eigenvalue weighted by molar-refractivity contribution is -0.126. The number of amides is 1. The summed E-state index contributed by atoms with van der Waals surface area (Å²) >= 11 is 0. The maximum absolute atomic E-state index is 13.7. The van der Waals surface area contributed by atoms with Gasteiger partial charge in [0.25, 0.3) is 11.7 Å². The van der Waals surface area contributed by atoms with Gasteiger partial charge in [0.1, 0.15) is 0 Å². The third-order valence-electron chi connectivity index (χ3n) is 6.32. The van der Waals surface area contributed by atoms with Crippen molar-refractivity contribution in [2.24, 2.45) is 0 Å². The van der Waals surface area contributed by atoms with Crippen molar-refractivity contribution in [3.63, 3.8) is 0 Å². The monoisotopic (exact) mass is 446 g/mol. The summed E-state index contributed by atoms with van der Waals surface area (Å²) in [4.78, 5) is 32.4. The van der Waals surface area contributed by atoms with Crippen LogP contribution in [0.1, 0.15) is 81.1 Å². The predicted molar refractivity (Wildman–Crippen MR) is 138 cm³/mol. The first-order valence-corrected chi connectivity index (χ1v) is 12.6. The fourth-order valence-electron chi connectivity index (χ4n) is 4.34. The zero-order valence-corrected chi connectivity index (χ0v) is 20.5. The summed E-state index contributed by atoms with van der Waals surface area (Å²) in [5, 5.41) is 0.809. The Morgan fingerprint density at radius 3 is 2.00 bits per heavy atom. The summed E-state index contributed by atoms with van der Waals surface area (Å²) < 4.78 is 0. The van der Waals surface area contributed by atoms with Crippen molar-refractivity contribution in [1.82, 2.24) is 9.88 Å². The van der Waals surface area contributed by atoms with Crippen molar-refractivity contribution in [2.75, 3.05) is 13.1 Å². The number of rotatable bonds is 13. The number of para-hydroxylation sites is 1. The Balaban J connectivity index is 1.91. The molecular formula is C29H38N2O2. The van der Waals surface area contributed by atoms with Crippen LogP contribution in [-0.2, 0) is 4.79 Å². The first-order valence-electron chi connectivity index (χ1n) is 12.6. The van der Waals surface area contributed by atoms with E-state index < -0.39 is 5.78 Å². The second kappa shape index (κ2) is 12.4. The Labute approximate surface area is 198 Å². The van der Waals surface area contributed by atoms with Crippen molar-refractivity contribution >= 4 is 22.6 Å². The molecule has 2 aromatic carbocycles. The summed E-state index contributed by atoms with van der Waals surface area (Å²) in [7, 11) is 0. The van der Waals surface area contributed by atoms with Gasteiger partial charge in [-0.2, -0.15) is 0 Å². The lowest BCUT2D eigenvalue weighted by atomic mass is 10.00. The lowest BCUT2D eigenvalue weighted by Gasteiger charge is -2.22. The number of unbranched alkanes of at least 4 members (excludes halogenated alkanes) is 6. The molecule has 0 fully saturated rings. The third kappa shape index (κ3) is 6.34. The van der Waals surface area contributed by atoms with E-state index in [4.69, 9.17) is 0 Å². The van der Waals surface area contributed by atoms with Crippen LogP contribution in [0.2, 0.25) is 0 Å². The van der Waals surface area contributed by atoms with Crippen LogP contribution >= 0.6 is 0 Å². The van der Waals surface area contributed by atoms with Crippen molar-refractivity contribution in [2.45, 2.75) is 72.1 Å². The highest BCUT2D eigenvalue weighted by Crippen LogP contribution is 2.31. The minimum atomic E-state index is -0.408. The summed E-state index contributed by atoms with van der Waals surface area (Å²) in [5.74, 6) is -0.782. The number of carbonyl (C=O) groups is 2. The molecule has 4 heteroatoms. The van der Waals surface area contributed by atoms with Crippen LogP contribution < -0.4 is 0 Å². The van der Waals surface area contributed by atoms with E-state index in [1.807, 2.05) is 55.5 Å². The molecular weight excluding hydrogens is 408 g/mol. The molecule has 176 valence electrons. The number of hydrogen-bond acceptors (Lipinski definition) is 2. The van der Waals surface area contributed by atoms with Crippen molar-refractivity contribution in [3.8, 4) is 11.3 Å². The second-order valence-electron chi connectivity index (χ2n) is 9.03. The van der Waals surface area contributed by atoms with Gasteiger partial charge in [0.2, 0.25) is 0 Å². The Morgan fingerprint density at radius 2 is 1.39 bits per heavy atom. The number of nitrogens with zero attached hydrogens (tertiary/aromatic N) is 1. The zero-order chi connectivity index (χ0) is 23.6. The van der Waals surface area contributed by atoms with Gasteiger partial charge in [-0.1, -0.05) is 100 Å². The zero-order valence-electron chi connectivity index (χ0n) is 20.5. The van der Waals surface area contributed by atoms with Gasteiger partial charge in [0.05, 0.1) is 11.3 Å². The fraction of sp³-hybridized carbons (Fsp3) is 0.448. The van der Waals surface area contributed by atoms with Crippen LogP contribution in [0.4, 0.5) is 0 Å². The molecule has 33 heavy (non-hydrogen) atoms. The van der Waals surface area contributed by atoms with E-state index in [0.717, 1.165) is 79.1 Å². The highest BCUT2D eigenvalue weighted by atomic mass is 16.2. The molecule has 0 atom stereocenters. The Morgan fingerprint density at radius 1 is 0.788 bits per heavy atom. The Kier molecular flexibility index (Phi) is 9.29. The van der Waals surface area contributed by atoms with E-state index in [0.29, 0.717) is 18.7 Å². The van der Waals surface area contributed by atoms with E-state index in [1.165, 1.54) is 0 Å². The van der Waals surface area contributed by atoms with Crippen molar-refractivity contribution in [1.29, 1.82) is 0 Å². The summed E-state index contributed by atoms with van der Waals surface area (Å²) in [6, 6.07) is 15.8. The number of ketones is 1. The Hall–Kier alpha value is -2.88. The quantitative estimate of drug-likeness (QED) is 0.170. The molecule has 1 N–H and O–H groups in total. The van der Waals surface area contributed by atoms with Crippen LogP contribution in [0.15, 0.2) is 48.5 Å². The van der Waals surface area contributed by atoms with Gasteiger partial charge in [-0.15, -0.1) is 0 Å². The molecule has 0 aliphatic heterocycles. The molecule has 0 unspecified atom stereocenters. The molecule has 1 amide bonds. The van der Waals surface area contributed by atoms with E-state index in [9.17, 15) is 9.59 Å². The van der Waals surface area contributed by atoms with Crippen LogP contribution in [-0.4, -0.2) is 34.7 Å². The molecule has 3 aromatic rings. The number of hydrogen-bond donors (Lipinski definition) is 1. The minimum absolute atomic E-state index is 0.374. The Bertz CT molecular complexity index is 1040. The SMILES string of the molecule is CCCCCCN(CCCCCC)C(=O)C(=O)c1c(-c2ccc(C)cc2)[nH]c2ccccc12. The van der Waals surface area contributed by atoms with Crippen LogP contribution in [0, 0.1) is 6.92 Å². The summed E-state index contributed by atoms with van der Waals surface area (Å²) in [6.45, 7) is 7.71. The number of aromatic nitrogens is 1. The van der Waals surface area contributed by atoms with Gasteiger partial charge < -0.3 is 9.88 Å². The fourth-order valence-corrected chi connectivity index (χ4v) is 4.34. The average molecular weight is 447 g/mol. The average Bonchev–Trinajstić information content (AvgIpc) is 3.22. The smallest absolute Gasteiger partial charge is 0.295 e. The number of carbonyl (C=O) groups excluding carboxylic acids is 2. The molecule has 0 radical (unpaired) electrons. The highest BCUT2D eigenvalue weighted by Gasteiger charge is 2.28. The van der Waals surface area contributed by atoms with Gasteiger partial charge in [-0.05, 0) is 31.4 Å². The number of nitrogens with one attached hydrogen (secondary N) is 1. The second-order valence-corrected chi connectivity index (χ2v) is 9.03. The largest absolute Gasteiger partial charge is 0.354 e. The molecule has 0 bridgehead atoms. The molecule has 0 spiro atoms. The molecule has 0 aliphatic rings. The van der Waals surface area contributed by atoms with E-state index in [2.05, 4.69) is 18.8 Å². The maximum atomic E-state index is 13.7. The number of H-pyrrole nitrogens is 1. The number of aromatic amines is 1. The number of aryl methyl sites for hydroxylation is 1. The van der Waals surface area contributed by atoms with Gasteiger partial charge in [0.15, 0.2) is 0 Å². The number of benzene rings is 2. The topological polar surface area (TPSA) is 53.2 Å². The molecule has 0 saturated heterocycles. The highest BCUT2D eigenvalue weighted by molar-refractivity contribution is 6.46. The molecule has 0 aliphatic carbocycles. The summed E-state index contributed by atoms with van der Waals surface area (Å²) in [5.41, 5.74) is 4.18. The summed E-state index contributed by atoms with van der Waals surface area (Å²) in [6.07, 6.45) is 8.68. The number of Topliss-reactive ketones (excluding diaryl/α,β-unsaturated/α-hetero) is 1. The third-order valence-corrected chi connectivity index (χ3v) is 6.32. The molecule has 3 rings (SSSR count). The van der Waals surface area contributed by atoms with Gasteiger partial charge in [-0.3, -0.25) is 9.59 Å². The van der Waals surface area contributed by atoms with Crippen molar-refractivity contribution in [3.05, 3.63) is 59.7 Å². The van der Waals surface area contributed by atoms with Crippen LogP contribution in [0.5, 0.6) is 0 Å². The van der Waals surface area contributed by atoms with Crippen LogP contribution in [0.25, 0.3) is 22.2 Å². The maximum Gasteiger partial charge on any atom is 0.295 e. The normalized spacial score (nSPS) is 11.1. The van der Waals surface area contributed by atoms with Gasteiger partial charge >= 0.3 is 0 Å².